The monoisotopic (exact) mass is 270 g/mol. The normalized spacial score (nSPS) is 11.4. The molecule has 102 valence electrons. The first kappa shape index (κ1) is 15.8. The fraction of sp³-hybridized carbons (Fsp3) is 0.444. The second-order valence-electron chi connectivity index (χ2n) is 6.30. The van der Waals surface area contributed by atoms with Crippen molar-refractivity contribution in [2.75, 3.05) is 0 Å². The molecule has 0 radical (unpaired) electrons. The van der Waals surface area contributed by atoms with Crippen LogP contribution < -0.4 is 0 Å². The van der Waals surface area contributed by atoms with E-state index in [2.05, 4.69) is 74.8 Å². The van der Waals surface area contributed by atoms with Gasteiger partial charge in [0, 0.05) is 20.1 Å². The number of benzene rings is 1. The molecular weight excluding hydrogens is 244 g/mol. The van der Waals surface area contributed by atoms with Gasteiger partial charge in [0.1, 0.15) is 0 Å². The summed E-state index contributed by atoms with van der Waals surface area (Å²) in [5, 5.41) is 0. The SMILES string of the molecule is Cc1ccc(C#CCCC/C=C/C[Si](C)(C)C)cc1. The third kappa shape index (κ3) is 8.45. The lowest BCUT2D eigenvalue weighted by atomic mass is 10.1. The molecule has 0 unspecified atom stereocenters. The molecular formula is C18H26Si. The van der Waals surface area contributed by atoms with Crippen LogP contribution >= 0.6 is 0 Å². The number of hydrogen-bond donors (Lipinski definition) is 0. The summed E-state index contributed by atoms with van der Waals surface area (Å²) in [5.41, 5.74) is 2.41. The van der Waals surface area contributed by atoms with Crippen molar-refractivity contribution in [2.45, 2.75) is 51.9 Å². The van der Waals surface area contributed by atoms with Crippen molar-refractivity contribution in [1.29, 1.82) is 0 Å². The molecule has 0 aliphatic heterocycles. The molecule has 0 nitrogen and oxygen atoms in total. The van der Waals surface area contributed by atoms with Crippen LogP contribution in [0.1, 0.15) is 30.4 Å². The third-order valence-corrected chi connectivity index (χ3v) is 4.31. The Hall–Kier alpha value is -1.26. The van der Waals surface area contributed by atoms with Crippen molar-refractivity contribution >= 4 is 8.07 Å². The minimum absolute atomic E-state index is 0.896. The summed E-state index contributed by atoms with van der Waals surface area (Å²) in [6, 6.07) is 9.71. The Morgan fingerprint density at radius 1 is 1.05 bits per heavy atom. The predicted octanol–water partition coefficient (Wildman–Crippen LogP) is 5.41. The Morgan fingerprint density at radius 2 is 1.74 bits per heavy atom. The van der Waals surface area contributed by atoms with Gasteiger partial charge in [0.2, 0.25) is 0 Å². The summed E-state index contributed by atoms with van der Waals surface area (Å²) in [6.07, 6.45) is 8.00. The Kier molecular flexibility index (Phi) is 6.66. The molecule has 1 aromatic carbocycles. The largest absolute Gasteiger partial charge is 0.0979 e. The van der Waals surface area contributed by atoms with E-state index in [0.29, 0.717) is 0 Å². The summed E-state index contributed by atoms with van der Waals surface area (Å²) in [6.45, 7) is 9.32. The van der Waals surface area contributed by atoms with Crippen LogP contribution in [0.2, 0.25) is 25.7 Å². The number of aryl methyl sites for hydroxylation is 1. The molecule has 19 heavy (non-hydrogen) atoms. The quantitative estimate of drug-likeness (QED) is 0.290. The molecule has 0 N–H and O–H groups in total. The van der Waals surface area contributed by atoms with Crippen LogP contribution in [0.5, 0.6) is 0 Å². The lowest BCUT2D eigenvalue weighted by Gasteiger charge is -2.11. The molecule has 0 aromatic heterocycles. The Balaban J connectivity index is 2.20. The zero-order chi connectivity index (χ0) is 14.1. The van der Waals surface area contributed by atoms with Crippen molar-refractivity contribution in [3.8, 4) is 11.8 Å². The zero-order valence-electron chi connectivity index (χ0n) is 12.8. The molecule has 1 heteroatoms. The van der Waals surface area contributed by atoms with Gasteiger partial charge in [0.15, 0.2) is 0 Å². The highest BCUT2D eigenvalue weighted by Crippen LogP contribution is 2.09. The second kappa shape index (κ2) is 8.02. The predicted molar refractivity (Wildman–Crippen MR) is 89.2 cm³/mol. The van der Waals surface area contributed by atoms with E-state index in [0.717, 1.165) is 18.4 Å². The van der Waals surface area contributed by atoms with E-state index in [9.17, 15) is 0 Å². The maximum absolute atomic E-state index is 3.25. The molecule has 0 amide bonds. The standard InChI is InChI=1S/C18H26Si/c1-17-12-14-18(15-13-17)11-9-7-5-6-8-10-16-19(2,3)4/h8,10,12-15H,5-7,16H2,1-4H3/b10-8+. The van der Waals surface area contributed by atoms with E-state index < -0.39 is 8.07 Å². The molecule has 0 bridgehead atoms. The van der Waals surface area contributed by atoms with Gasteiger partial charge in [-0.05, 0) is 37.9 Å². The van der Waals surface area contributed by atoms with E-state index in [4.69, 9.17) is 0 Å². The van der Waals surface area contributed by atoms with Gasteiger partial charge in [-0.25, -0.2) is 0 Å². The first-order valence-corrected chi connectivity index (χ1v) is 10.9. The molecule has 0 heterocycles. The minimum atomic E-state index is -0.896. The average molecular weight is 270 g/mol. The highest BCUT2D eigenvalue weighted by molar-refractivity contribution is 6.76. The van der Waals surface area contributed by atoms with Crippen LogP contribution in [0.25, 0.3) is 0 Å². The highest BCUT2D eigenvalue weighted by Gasteiger charge is 2.08. The van der Waals surface area contributed by atoms with Gasteiger partial charge in [-0.2, -0.15) is 0 Å². The van der Waals surface area contributed by atoms with Crippen molar-refractivity contribution < 1.29 is 0 Å². The fourth-order valence-electron chi connectivity index (χ4n) is 1.66. The smallest absolute Gasteiger partial charge is 0.0480 e. The maximum atomic E-state index is 3.25. The molecule has 0 spiro atoms. The second-order valence-corrected chi connectivity index (χ2v) is 11.8. The van der Waals surface area contributed by atoms with Crippen LogP contribution in [0.4, 0.5) is 0 Å². The molecule has 0 atom stereocenters. The summed E-state index contributed by atoms with van der Waals surface area (Å²) in [5.74, 6) is 6.47. The van der Waals surface area contributed by atoms with Crippen molar-refractivity contribution in [3.05, 3.63) is 47.5 Å². The summed E-state index contributed by atoms with van der Waals surface area (Å²) in [7, 11) is -0.896. The summed E-state index contributed by atoms with van der Waals surface area (Å²) >= 11 is 0. The maximum Gasteiger partial charge on any atom is 0.0480 e. The summed E-state index contributed by atoms with van der Waals surface area (Å²) < 4.78 is 0. The van der Waals surface area contributed by atoms with E-state index in [1.807, 2.05) is 0 Å². The molecule has 0 aliphatic carbocycles. The van der Waals surface area contributed by atoms with Gasteiger partial charge in [-0.15, -0.1) is 0 Å². The van der Waals surface area contributed by atoms with Gasteiger partial charge in [0.05, 0.1) is 0 Å². The number of rotatable bonds is 5. The van der Waals surface area contributed by atoms with Gasteiger partial charge < -0.3 is 0 Å². The lowest BCUT2D eigenvalue weighted by Crippen LogP contribution is -2.17. The van der Waals surface area contributed by atoms with Gasteiger partial charge in [0.25, 0.3) is 0 Å². The van der Waals surface area contributed by atoms with Crippen LogP contribution in [0, 0.1) is 18.8 Å². The molecule has 0 saturated heterocycles. The Morgan fingerprint density at radius 3 is 2.37 bits per heavy atom. The van der Waals surface area contributed by atoms with E-state index in [1.54, 1.807) is 0 Å². The molecule has 0 aliphatic rings. The molecule has 0 fully saturated rings. The van der Waals surface area contributed by atoms with Gasteiger partial charge >= 0.3 is 0 Å². The molecule has 1 aromatic rings. The number of allylic oxidation sites excluding steroid dienone is 2. The lowest BCUT2D eigenvalue weighted by molar-refractivity contribution is 0.884. The molecule has 0 saturated carbocycles. The number of unbranched alkanes of at least 4 members (excludes halogenated alkanes) is 2. The van der Waals surface area contributed by atoms with Gasteiger partial charge in [-0.1, -0.05) is 61.3 Å². The van der Waals surface area contributed by atoms with Crippen LogP contribution in [-0.2, 0) is 0 Å². The van der Waals surface area contributed by atoms with Crippen LogP contribution in [-0.4, -0.2) is 8.07 Å². The van der Waals surface area contributed by atoms with Gasteiger partial charge in [-0.3, -0.25) is 0 Å². The highest BCUT2D eigenvalue weighted by atomic mass is 28.3. The first-order chi connectivity index (χ1) is 8.97. The Labute approximate surface area is 120 Å². The van der Waals surface area contributed by atoms with E-state index >= 15 is 0 Å². The number of hydrogen-bond acceptors (Lipinski definition) is 0. The topological polar surface area (TPSA) is 0 Å². The third-order valence-electron chi connectivity index (χ3n) is 2.85. The average Bonchev–Trinajstić information content (AvgIpc) is 2.33. The zero-order valence-corrected chi connectivity index (χ0v) is 13.8. The van der Waals surface area contributed by atoms with E-state index in [-0.39, 0.29) is 0 Å². The van der Waals surface area contributed by atoms with Crippen LogP contribution in [0.15, 0.2) is 36.4 Å². The summed E-state index contributed by atoms with van der Waals surface area (Å²) in [4.78, 5) is 0. The van der Waals surface area contributed by atoms with Crippen molar-refractivity contribution in [1.82, 2.24) is 0 Å². The minimum Gasteiger partial charge on any atom is -0.0979 e. The van der Waals surface area contributed by atoms with Crippen molar-refractivity contribution in [3.63, 3.8) is 0 Å². The molecule has 1 rings (SSSR count). The van der Waals surface area contributed by atoms with Crippen LogP contribution in [0.3, 0.4) is 0 Å². The fourth-order valence-corrected chi connectivity index (χ4v) is 2.54. The first-order valence-electron chi connectivity index (χ1n) is 7.18. The van der Waals surface area contributed by atoms with Crippen molar-refractivity contribution in [2.24, 2.45) is 0 Å². The Bertz CT molecular complexity index is 449. The van der Waals surface area contributed by atoms with E-state index in [1.165, 1.54) is 18.0 Å².